The molecule has 30 heavy (non-hydrogen) atoms. The first-order valence-corrected chi connectivity index (χ1v) is 9.31. The van der Waals surface area contributed by atoms with Crippen molar-refractivity contribution in [3.05, 3.63) is 112 Å². The van der Waals surface area contributed by atoms with Gasteiger partial charge in [0.1, 0.15) is 0 Å². The molecule has 0 fully saturated rings. The third-order valence-electron chi connectivity index (χ3n) is 4.73. The standard InChI is InChI=1S/C23H18N4O3/c28-23(18-10-12-20(13-11-18)27(29)30)25-24-14-19-16-26(15-17-6-2-1-3-7-17)22-9-5-4-8-21(19)22/h1-14,16H,15H2,(H,25,28)/b24-14-. The van der Waals surface area contributed by atoms with Crippen LogP contribution in [-0.4, -0.2) is 21.6 Å². The van der Waals surface area contributed by atoms with Crippen molar-refractivity contribution in [3.63, 3.8) is 0 Å². The third kappa shape index (κ3) is 4.10. The second-order valence-electron chi connectivity index (χ2n) is 6.72. The molecule has 3 aromatic carbocycles. The van der Waals surface area contributed by atoms with E-state index in [4.69, 9.17) is 0 Å². The van der Waals surface area contributed by atoms with Crippen LogP contribution in [0, 0.1) is 10.1 Å². The zero-order valence-electron chi connectivity index (χ0n) is 15.9. The van der Waals surface area contributed by atoms with Crippen LogP contribution in [0.25, 0.3) is 10.9 Å². The first-order chi connectivity index (χ1) is 14.6. The molecule has 7 heteroatoms. The number of aromatic nitrogens is 1. The Hall–Kier alpha value is -4.26. The number of carbonyl (C=O) groups excluding carboxylic acids is 1. The van der Waals surface area contributed by atoms with Gasteiger partial charge in [0.05, 0.1) is 11.1 Å². The number of non-ortho nitro benzene ring substituents is 1. The number of carbonyl (C=O) groups is 1. The number of nitro groups is 1. The normalized spacial score (nSPS) is 11.1. The summed E-state index contributed by atoms with van der Waals surface area (Å²) in [5.74, 6) is -0.436. The van der Waals surface area contributed by atoms with E-state index in [0.717, 1.165) is 23.0 Å². The number of nitrogens with one attached hydrogen (secondary N) is 1. The lowest BCUT2D eigenvalue weighted by Crippen LogP contribution is -2.17. The smallest absolute Gasteiger partial charge is 0.271 e. The molecule has 0 spiro atoms. The summed E-state index contributed by atoms with van der Waals surface area (Å²) in [6.45, 7) is 0.727. The molecule has 148 valence electrons. The van der Waals surface area contributed by atoms with E-state index in [1.54, 1.807) is 6.21 Å². The van der Waals surface area contributed by atoms with E-state index in [2.05, 4.69) is 27.2 Å². The summed E-state index contributed by atoms with van der Waals surface area (Å²) in [4.78, 5) is 22.4. The summed E-state index contributed by atoms with van der Waals surface area (Å²) in [6, 6.07) is 23.5. The van der Waals surface area contributed by atoms with Crippen LogP contribution in [0.15, 0.2) is 90.2 Å². The van der Waals surface area contributed by atoms with Gasteiger partial charge in [-0.2, -0.15) is 5.10 Å². The topological polar surface area (TPSA) is 89.5 Å². The zero-order chi connectivity index (χ0) is 20.9. The van der Waals surface area contributed by atoms with Gasteiger partial charge in [-0.25, -0.2) is 5.43 Å². The Morgan fingerprint density at radius 3 is 2.43 bits per heavy atom. The van der Waals surface area contributed by atoms with E-state index in [0.29, 0.717) is 5.56 Å². The minimum Gasteiger partial charge on any atom is -0.342 e. The lowest BCUT2D eigenvalue weighted by atomic mass is 10.2. The van der Waals surface area contributed by atoms with Gasteiger partial charge in [0.15, 0.2) is 0 Å². The monoisotopic (exact) mass is 398 g/mol. The van der Waals surface area contributed by atoms with Crippen LogP contribution in [-0.2, 0) is 6.54 Å². The van der Waals surface area contributed by atoms with Crippen LogP contribution in [0.5, 0.6) is 0 Å². The minimum atomic E-state index is -0.509. The largest absolute Gasteiger partial charge is 0.342 e. The molecule has 1 aromatic heterocycles. The molecule has 0 bridgehead atoms. The number of para-hydroxylation sites is 1. The molecule has 1 heterocycles. The second kappa shape index (κ2) is 8.40. The highest BCUT2D eigenvalue weighted by molar-refractivity contribution is 6.00. The number of amides is 1. The second-order valence-corrected chi connectivity index (χ2v) is 6.72. The van der Waals surface area contributed by atoms with Crippen molar-refractivity contribution in [2.24, 2.45) is 5.10 Å². The number of nitro benzene ring substituents is 1. The maximum atomic E-state index is 12.2. The fourth-order valence-electron chi connectivity index (χ4n) is 3.25. The Balaban J connectivity index is 1.52. The van der Waals surface area contributed by atoms with Crippen LogP contribution >= 0.6 is 0 Å². The summed E-state index contributed by atoms with van der Waals surface area (Å²) in [6.07, 6.45) is 3.60. The van der Waals surface area contributed by atoms with E-state index >= 15 is 0 Å². The summed E-state index contributed by atoms with van der Waals surface area (Å²) in [7, 11) is 0. The number of nitrogens with zero attached hydrogens (tertiary/aromatic N) is 3. The number of hydrogen-bond donors (Lipinski definition) is 1. The Labute approximate surface area is 172 Å². The SMILES string of the molecule is O=C(N/N=C\c1cn(Cc2ccccc2)c2ccccc12)c1ccc([N+](=O)[O-])cc1. The van der Waals surface area contributed by atoms with Gasteiger partial charge < -0.3 is 4.57 Å². The summed E-state index contributed by atoms with van der Waals surface area (Å²) in [5.41, 5.74) is 5.84. The Morgan fingerprint density at radius 1 is 1.00 bits per heavy atom. The lowest BCUT2D eigenvalue weighted by molar-refractivity contribution is -0.384. The molecule has 0 aliphatic carbocycles. The van der Waals surface area contributed by atoms with Gasteiger partial charge in [-0.05, 0) is 23.8 Å². The van der Waals surface area contributed by atoms with Crippen LogP contribution < -0.4 is 5.43 Å². The van der Waals surface area contributed by atoms with Gasteiger partial charge in [-0.3, -0.25) is 14.9 Å². The quantitative estimate of drug-likeness (QED) is 0.297. The first kappa shape index (κ1) is 19.1. The van der Waals surface area contributed by atoms with Gasteiger partial charge in [0.2, 0.25) is 0 Å². The molecular formula is C23H18N4O3. The molecule has 0 aliphatic heterocycles. The van der Waals surface area contributed by atoms with Crippen molar-refractivity contribution in [2.45, 2.75) is 6.54 Å². The van der Waals surface area contributed by atoms with Crippen molar-refractivity contribution < 1.29 is 9.72 Å². The number of hydrogen-bond acceptors (Lipinski definition) is 4. The Kier molecular flexibility index (Phi) is 5.34. The number of hydrazone groups is 1. The zero-order valence-corrected chi connectivity index (χ0v) is 15.9. The van der Waals surface area contributed by atoms with E-state index in [1.807, 2.05) is 48.7 Å². The molecule has 4 rings (SSSR count). The Bertz CT molecular complexity index is 1230. The van der Waals surface area contributed by atoms with Gasteiger partial charge in [0.25, 0.3) is 11.6 Å². The third-order valence-corrected chi connectivity index (χ3v) is 4.73. The van der Waals surface area contributed by atoms with E-state index in [1.165, 1.54) is 29.8 Å². The molecule has 0 aliphatic rings. The van der Waals surface area contributed by atoms with Crippen molar-refractivity contribution >= 4 is 28.7 Å². The molecule has 4 aromatic rings. The maximum absolute atomic E-state index is 12.2. The fourth-order valence-corrected chi connectivity index (χ4v) is 3.25. The van der Waals surface area contributed by atoms with E-state index in [9.17, 15) is 14.9 Å². The molecular weight excluding hydrogens is 380 g/mol. The molecule has 0 saturated heterocycles. The Morgan fingerprint density at radius 2 is 1.70 bits per heavy atom. The van der Waals surface area contributed by atoms with Crippen molar-refractivity contribution in [2.75, 3.05) is 0 Å². The summed E-state index contributed by atoms with van der Waals surface area (Å²) >= 11 is 0. The van der Waals surface area contributed by atoms with Crippen LogP contribution in [0.1, 0.15) is 21.5 Å². The van der Waals surface area contributed by atoms with Crippen LogP contribution in [0.2, 0.25) is 0 Å². The summed E-state index contributed by atoms with van der Waals surface area (Å²) < 4.78 is 2.14. The van der Waals surface area contributed by atoms with Crippen molar-refractivity contribution in [3.8, 4) is 0 Å². The molecule has 1 N–H and O–H groups in total. The van der Waals surface area contributed by atoms with Gasteiger partial charge in [-0.15, -0.1) is 0 Å². The van der Waals surface area contributed by atoms with E-state index in [-0.39, 0.29) is 5.69 Å². The minimum absolute atomic E-state index is 0.0683. The number of fused-ring (bicyclic) bond motifs is 1. The molecule has 0 atom stereocenters. The summed E-state index contributed by atoms with van der Waals surface area (Å²) in [5, 5.41) is 15.8. The molecule has 0 radical (unpaired) electrons. The van der Waals surface area contributed by atoms with Gasteiger partial charge >= 0.3 is 0 Å². The predicted molar refractivity (Wildman–Crippen MR) is 116 cm³/mol. The van der Waals surface area contributed by atoms with Crippen LogP contribution in [0.3, 0.4) is 0 Å². The average molecular weight is 398 g/mol. The lowest BCUT2D eigenvalue weighted by Gasteiger charge is -2.05. The first-order valence-electron chi connectivity index (χ1n) is 9.31. The van der Waals surface area contributed by atoms with E-state index < -0.39 is 10.8 Å². The average Bonchev–Trinajstić information content (AvgIpc) is 3.12. The molecule has 1 amide bonds. The maximum Gasteiger partial charge on any atom is 0.271 e. The van der Waals surface area contributed by atoms with Crippen molar-refractivity contribution in [1.29, 1.82) is 0 Å². The molecule has 7 nitrogen and oxygen atoms in total. The van der Waals surface area contributed by atoms with Gasteiger partial charge in [-0.1, -0.05) is 48.5 Å². The highest BCUT2D eigenvalue weighted by Gasteiger charge is 2.10. The van der Waals surface area contributed by atoms with Crippen LogP contribution in [0.4, 0.5) is 5.69 Å². The molecule has 0 saturated carbocycles. The highest BCUT2D eigenvalue weighted by atomic mass is 16.6. The number of benzene rings is 3. The highest BCUT2D eigenvalue weighted by Crippen LogP contribution is 2.21. The molecule has 0 unspecified atom stereocenters. The van der Waals surface area contributed by atoms with Crippen molar-refractivity contribution in [1.82, 2.24) is 9.99 Å². The van der Waals surface area contributed by atoms with Gasteiger partial charge in [0, 0.05) is 46.9 Å². The fraction of sp³-hybridized carbons (Fsp3) is 0.0435. The number of rotatable bonds is 6. The predicted octanol–water partition coefficient (Wildman–Crippen LogP) is 4.36.